The molecule has 0 saturated carbocycles. The molecule has 9 rings (SSSR count). The molecule has 9 aromatic carbocycles. The van der Waals surface area contributed by atoms with Crippen molar-refractivity contribution in [2.45, 2.75) is 40.5 Å². The maximum Gasteiger partial charge on any atom is 0.119 e. The lowest BCUT2D eigenvalue weighted by Crippen LogP contribution is -2.13. The van der Waals surface area contributed by atoms with Gasteiger partial charge in [-0.3, -0.25) is 0 Å². The van der Waals surface area contributed by atoms with Gasteiger partial charge in [0.15, 0.2) is 0 Å². The SMILES string of the molecule is CCc1cccc(C)c1N(c1ccccc1)c1ccc(/C=C/c2ccc(N(c3ccc(/C=C/c4ccc(N(c5ccccc5)c5c(C)cccc5CC)cc4)cc3)c3ccc(OC)cc3)cc2)cc1. The summed E-state index contributed by atoms with van der Waals surface area (Å²) in [5, 5.41) is 0. The summed E-state index contributed by atoms with van der Waals surface area (Å²) in [6.07, 6.45) is 10.7. The van der Waals surface area contributed by atoms with Crippen LogP contribution >= 0.6 is 0 Å². The molecular weight excluding hydrogens is 839 g/mol. The second-order valence-corrected chi connectivity index (χ2v) is 17.3. The molecule has 0 N–H and O–H groups in total. The molecule has 0 bridgehead atoms. The maximum absolute atomic E-state index is 5.53. The third kappa shape index (κ3) is 10.5. The molecule has 0 unspecified atom stereocenters. The number of ether oxygens (including phenoxy) is 1. The Morgan fingerprint density at radius 1 is 0.319 bits per heavy atom. The van der Waals surface area contributed by atoms with Crippen LogP contribution in [0.5, 0.6) is 5.75 Å². The van der Waals surface area contributed by atoms with Crippen molar-refractivity contribution < 1.29 is 4.74 Å². The van der Waals surface area contributed by atoms with Crippen molar-refractivity contribution >= 4 is 75.5 Å². The smallest absolute Gasteiger partial charge is 0.119 e. The Morgan fingerprint density at radius 2 is 0.609 bits per heavy atom. The lowest BCUT2D eigenvalue weighted by molar-refractivity contribution is 0.415. The number of para-hydroxylation sites is 4. The van der Waals surface area contributed by atoms with E-state index in [4.69, 9.17) is 4.74 Å². The molecule has 4 nitrogen and oxygen atoms in total. The lowest BCUT2D eigenvalue weighted by Gasteiger charge is -2.29. The van der Waals surface area contributed by atoms with Gasteiger partial charge < -0.3 is 19.4 Å². The minimum Gasteiger partial charge on any atom is -0.497 e. The van der Waals surface area contributed by atoms with Gasteiger partial charge in [-0.05, 0) is 168 Å². The van der Waals surface area contributed by atoms with Crippen LogP contribution in [0.2, 0.25) is 0 Å². The van der Waals surface area contributed by atoms with Gasteiger partial charge in [0, 0.05) is 39.8 Å². The summed E-state index contributed by atoms with van der Waals surface area (Å²) < 4.78 is 5.53. The van der Waals surface area contributed by atoms with E-state index in [0.29, 0.717) is 0 Å². The molecule has 0 heterocycles. The van der Waals surface area contributed by atoms with E-state index in [0.717, 1.165) is 80.7 Å². The van der Waals surface area contributed by atoms with Crippen LogP contribution in [0.15, 0.2) is 218 Å². The average Bonchev–Trinajstić information content (AvgIpc) is 3.41. The molecular formula is C65H59N3O. The summed E-state index contributed by atoms with van der Waals surface area (Å²) in [7, 11) is 1.70. The van der Waals surface area contributed by atoms with Crippen molar-refractivity contribution in [3.63, 3.8) is 0 Å². The fourth-order valence-electron chi connectivity index (χ4n) is 9.12. The number of anilines is 9. The van der Waals surface area contributed by atoms with Gasteiger partial charge in [-0.2, -0.15) is 0 Å². The summed E-state index contributed by atoms with van der Waals surface area (Å²) in [5.41, 5.74) is 19.9. The second-order valence-electron chi connectivity index (χ2n) is 17.3. The Hall–Kier alpha value is -8.34. The van der Waals surface area contributed by atoms with Crippen molar-refractivity contribution in [1.82, 2.24) is 0 Å². The van der Waals surface area contributed by atoms with Crippen LogP contribution in [0.25, 0.3) is 24.3 Å². The summed E-state index contributed by atoms with van der Waals surface area (Å²) >= 11 is 0. The first-order valence-corrected chi connectivity index (χ1v) is 24.0. The average molecular weight is 898 g/mol. The number of benzene rings is 9. The van der Waals surface area contributed by atoms with Gasteiger partial charge in [-0.1, -0.05) is 159 Å². The largest absolute Gasteiger partial charge is 0.497 e. The van der Waals surface area contributed by atoms with E-state index < -0.39 is 0 Å². The molecule has 4 heteroatoms. The van der Waals surface area contributed by atoms with Gasteiger partial charge in [0.1, 0.15) is 5.75 Å². The highest BCUT2D eigenvalue weighted by atomic mass is 16.5. The molecule has 340 valence electrons. The molecule has 0 amide bonds. The Bertz CT molecular complexity index is 2950. The van der Waals surface area contributed by atoms with Gasteiger partial charge in [-0.25, -0.2) is 0 Å². The van der Waals surface area contributed by atoms with Crippen LogP contribution in [0.3, 0.4) is 0 Å². The van der Waals surface area contributed by atoms with Crippen LogP contribution in [0.1, 0.15) is 58.4 Å². The van der Waals surface area contributed by atoms with E-state index in [2.05, 4.69) is 273 Å². The Labute approximate surface area is 409 Å². The monoisotopic (exact) mass is 897 g/mol. The predicted molar refractivity (Wildman–Crippen MR) is 296 cm³/mol. The van der Waals surface area contributed by atoms with Crippen LogP contribution in [0.4, 0.5) is 51.2 Å². The van der Waals surface area contributed by atoms with E-state index >= 15 is 0 Å². The van der Waals surface area contributed by atoms with Crippen molar-refractivity contribution in [3.05, 3.63) is 263 Å². The van der Waals surface area contributed by atoms with E-state index in [9.17, 15) is 0 Å². The molecule has 0 aliphatic rings. The second kappa shape index (κ2) is 21.5. The molecule has 0 spiro atoms. The minimum absolute atomic E-state index is 0.822. The highest BCUT2D eigenvalue weighted by Crippen LogP contribution is 2.41. The molecule has 0 aliphatic heterocycles. The molecule has 69 heavy (non-hydrogen) atoms. The molecule has 0 saturated heterocycles. The Morgan fingerprint density at radius 3 is 0.913 bits per heavy atom. The van der Waals surface area contributed by atoms with Crippen LogP contribution in [-0.2, 0) is 12.8 Å². The van der Waals surface area contributed by atoms with E-state index in [1.54, 1.807) is 7.11 Å². The number of aryl methyl sites for hydroxylation is 4. The number of nitrogens with zero attached hydrogens (tertiary/aromatic N) is 3. The van der Waals surface area contributed by atoms with Crippen molar-refractivity contribution in [2.24, 2.45) is 0 Å². The summed E-state index contributed by atoms with van der Waals surface area (Å²) in [6, 6.07) is 77.9. The van der Waals surface area contributed by atoms with E-state index in [1.807, 2.05) is 12.1 Å². The van der Waals surface area contributed by atoms with Gasteiger partial charge in [0.2, 0.25) is 0 Å². The molecule has 9 aromatic rings. The van der Waals surface area contributed by atoms with Crippen molar-refractivity contribution in [2.75, 3.05) is 21.8 Å². The zero-order chi connectivity index (χ0) is 47.5. The molecule has 0 aromatic heterocycles. The topological polar surface area (TPSA) is 19.0 Å². The maximum atomic E-state index is 5.53. The quantitative estimate of drug-likeness (QED) is 0.0900. The lowest BCUT2D eigenvalue weighted by atomic mass is 10.0. The highest BCUT2D eigenvalue weighted by molar-refractivity contribution is 5.84. The Balaban J connectivity index is 0.928. The van der Waals surface area contributed by atoms with E-state index in [-0.39, 0.29) is 0 Å². The summed E-state index contributed by atoms with van der Waals surface area (Å²) in [6.45, 7) is 8.86. The third-order valence-corrected chi connectivity index (χ3v) is 12.8. The fourth-order valence-corrected chi connectivity index (χ4v) is 9.12. The third-order valence-electron chi connectivity index (χ3n) is 12.8. The first-order valence-electron chi connectivity index (χ1n) is 24.0. The van der Waals surface area contributed by atoms with Crippen LogP contribution in [-0.4, -0.2) is 7.11 Å². The van der Waals surface area contributed by atoms with Crippen molar-refractivity contribution in [3.8, 4) is 5.75 Å². The minimum atomic E-state index is 0.822. The predicted octanol–water partition coefficient (Wildman–Crippen LogP) is 18.2. The fraction of sp³-hybridized carbons (Fsp3) is 0.108. The van der Waals surface area contributed by atoms with Crippen LogP contribution < -0.4 is 19.4 Å². The highest BCUT2D eigenvalue weighted by Gasteiger charge is 2.19. The zero-order valence-electron chi connectivity index (χ0n) is 40.3. The standard InChI is InChI=1S/C65H59N3O/c1-6-54-18-14-16-48(3)64(54)67(56-20-10-8-11-21-56)61-40-32-52(33-41-61)26-24-50-28-36-58(37-29-50)66(60-44-46-63(69-5)47-45-60)59-38-30-51(31-39-59)25-27-53-34-42-62(43-35-53)68(57-22-12-9-13-23-57)65-49(4)17-15-19-55(65)7-2/h8-47H,6-7H2,1-5H3/b26-24+,27-25+. The van der Waals surface area contributed by atoms with Gasteiger partial charge in [-0.15, -0.1) is 0 Å². The van der Waals surface area contributed by atoms with Crippen LogP contribution in [0, 0.1) is 13.8 Å². The number of methoxy groups -OCH3 is 1. The molecule has 0 atom stereocenters. The molecule has 0 fully saturated rings. The number of hydrogen-bond donors (Lipinski definition) is 0. The normalized spacial score (nSPS) is 11.3. The Kier molecular flexibility index (Phi) is 14.3. The number of hydrogen-bond acceptors (Lipinski definition) is 4. The van der Waals surface area contributed by atoms with Gasteiger partial charge in [0.25, 0.3) is 0 Å². The van der Waals surface area contributed by atoms with E-state index in [1.165, 1.54) is 33.6 Å². The summed E-state index contributed by atoms with van der Waals surface area (Å²) in [5.74, 6) is 0.822. The number of rotatable bonds is 16. The molecule has 0 aliphatic carbocycles. The van der Waals surface area contributed by atoms with Crippen molar-refractivity contribution in [1.29, 1.82) is 0 Å². The zero-order valence-corrected chi connectivity index (χ0v) is 40.3. The molecule has 0 radical (unpaired) electrons. The first-order chi connectivity index (χ1) is 33.9. The van der Waals surface area contributed by atoms with Gasteiger partial charge in [0.05, 0.1) is 18.5 Å². The summed E-state index contributed by atoms with van der Waals surface area (Å²) in [4.78, 5) is 7.05. The first kappa shape index (κ1) is 45.8. The van der Waals surface area contributed by atoms with Gasteiger partial charge >= 0.3 is 0 Å².